The second-order valence-corrected chi connectivity index (χ2v) is 3.50. The molecule has 1 aliphatic rings. The Morgan fingerprint density at radius 1 is 1.33 bits per heavy atom. The van der Waals surface area contributed by atoms with Crippen molar-refractivity contribution in [2.45, 2.75) is 19.8 Å². The third-order valence-corrected chi connectivity index (χ3v) is 2.33. The zero-order valence-corrected chi connectivity index (χ0v) is 9.12. The van der Waals surface area contributed by atoms with E-state index in [1.54, 1.807) is 4.90 Å². The molecule has 1 rings (SSSR count). The fraction of sp³-hybridized carbons (Fsp3) is 0.800. The number of amides is 2. The minimum absolute atomic E-state index is 0.00246. The molecule has 1 aliphatic heterocycles. The van der Waals surface area contributed by atoms with Crippen molar-refractivity contribution in [3.05, 3.63) is 0 Å². The third-order valence-electron chi connectivity index (χ3n) is 2.33. The van der Waals surface area contributed by atoms with Gasteiger partial charge in [0.05, 0.1) is 6.54 Å². The van der Waals surface area contributed by atoms with E-state index in [9.17, 15) is 9.59 Å². The summed E-state index contributed by atoms with van der Waals surface area (Å²) in [5.74, 6) is -0.234. The van der Waals surface area contributed by atoms with Crippen molar-refractivity contribution in [1.82, 2.24) is 10.2 Å². The third kappa shape index (κ3) is 4.29. The zero-order valence-electron chi connectivity index (χ0n) is 9.12. The molecule has 1 N–H and O–H groups in total. The molecule has 0 atom stereocenters. The molecule has 1 heterocycles. The number of hydrogen-bond donors (Lipinski definition) is 1. The van der Waals surface area contributed by atoms with E-state index in [1.165, 1.54) is 0 Å². The molecule has 0 radical (unpaired) electrons. The first-order chi connectivity index (χ1) is 7.24. The van der Waals surface area contributed by atoms with Crippen molar-refractivity contribution in [3.63, 3.8) is 0 Å². The summed E-state index contributed by atoms with van der Waals surface area (Å²) in [6, 6.07) is 0. The van der Waals surface area contributed by atoms with Crippen molar-refractivity contribution in [2.75, 3.05) is 32.8 Å². The highest BCUT2D eigenvalue weighted by Crippen LogP contribution is 2.06. The second kappa shape index (κ2) is 6.40. The Bertz CT molecular complexity index is 225. The van der Waals surface area contributed by atoms with Crippen molar-refractivity contribution in [1.29, 1.82) is 0 Å². The van der Waals surface area contributed by atoms with E-state index in [4.69, 9.17) is 4.74 Å². The van der Waals surface area contributed by atoms with Crippen LogP contribution in [0.25, 0.3) is 0 Å². The average Bonchev–Trinajstić information content (AvgIpc) is 2.76. The van der Waals surface area contributed by atoms with Gasteiger partial charge in [0.25, 0.3) is 0 Å². The summed E-state index contributed by atoms with van der Waals surface area (Å²) < 4.78 is 4.92. The summed E-state index contributed by atoms with van der Waals surface area (Å²) in [5, 5.41) is 2.54. The van der Waals surface area contributed by atoms with Crippen LogP contribution in [0.1, 0.15) is 19.8 Å². The van der Waals surface area contributed by atoms with E-state index in [2.05, 4.69) is 5.32 Å². The maximum atomic E-state index is 11.5. The maximum Gasteiger partial charge on any atom is 0.246 e. The van der Waals surface area contributed by atoms with Crippen LogP contribution in [0.2, 0.25) is 0 Å². The van der Waals surface area contributed by atoms with Gasteiger partial charge in [0, 0.05) is 19.7 Å². The van der Waals surface area contributed by atoms with Crippen LogP contribution in [0.5, 0.6) is 0 Å². The van der Waals surface area contributed by atoms with Gasteiger partial charge in [-0.3, -0.25) is 9.59 Å². The quantitative estimate of drug-likeness (QED) is 0.687. The van der Waals surface area contributed by atoms with Crippen LogP contribution in [-0.2, 0) is 14.3 Å². The van der Waals surface area contributed by atoms with Crippen LogP contribution in [0.3, 0.4) is 0 Å². The lowest BCUT2D eigenvalue weighted by Gasteiger charge is -2.15. The summed E-state index contributed by atoms with van der Waals surface area (Å²) in [6.45, 7) is 4.09. The number of nitrogens with one attached hydrogen (secondary N) is 1. The average molecular weight is 214 g/mol. The van der Waals surface area contributed by atoms with Gasteiger partial charge in [-0.05, 0) is 19.8 Å². The fourth-order valence-corrected chi connectivity index (χ4v) is 1.50. The molecule has 2 amide bonds. The van der Waals surface area contributed by atoms with Crippen molar-refractivity contribution in [2.24, 2.45) is 0 Å². The molecule has 1 fully saturated rings. The Morgan fingerprint density at radius 2 is 2.00 bits per heavy atom. The Labute approximate surface area is 89.8 Å². The Morgan fingerprint density at radius 3 is 2.60 bits per heavy atom. The van der Waals surface area contributed by atoms with Gasteiger partial charge < -0.3 is 15.0 Å². The first kappa shape index (κ1) is 12.0. The summed E-state index contributed by atoms with van der Waals surface area (Å²) >= 11 is 0. The first-order valence-electron chi connectivity index (χ1n) is 5.36. The molecular formula is C10H18N2O3. The topological polar surface area (TPSA) is 58.6 Å². The van der Waals surface area contributed by atoms with Gasteiger partial charge in [-0.15, -0.1) is 0 Å². The van der Waals surface area contributed by atoms with Crippen molar-refractivity contribution < 1.29 is 14.3 Å². The van der Waals surface area contributed by atoms with E-state index >= 15 is 0 Å². The maximum absolute atomic E-state index is 11.5. The van der Waals surface area contributed by atoms with Crippen LogP contribution in [0, 0.1) is 0 Å². The van der Waals surface area contributed by atoms with Crippen LogP contribution in [-0.4, -0.2) is 49.6 Å². The number of carbonyl (C=O) groups is 2. The highest BCUT2D eigenvalue weighted by atomic mass is 16.5. The fourth-order valence-electron chi connectivity index (χ4n) is 1.50. The molecule has 5 heteroatoms. The largest absolute Gasteiger partial charge is 0.372 e. The van der Waals surface area contributed by atoms with Crippen LogP contribution in [0.15, 0.2) is 0 Å². The predicted molar refractivity (Wildman–Crippen MR) is 55.3 cm³/mol. The normalized spacial score (nSPS) is 15.4. The SMILES string of the molecule is CCOCC(=O)NCC(=O)N1CCCC1. The van der Waals surface area contributed by atoms with E-state index in [0.717, 1.165) is 25.9 Å². The Balaban J connectivity index is 2.12. The number of rotatable bonds is 5. The summed E-state index contributed by atoms with van der Waals surface area (Å²) in [6.07, 6.45) is 2.14. The lowest BCUT2D eigenvalue weighted by atomic mass is 10.4. The zero-order chi connectivity index (χ0) is 11.1. The minimum atomic E-state index is -0.232. The van der Waals surface area contributed by atoms with Gasteiger partial charge in [0.2, 0.25) is 11.8 Å². The Kier molecular flexibility index (Phi) is 5.10. The van der Waals surface area contributed by atoms with Gasteiger partial charge in [-0.25, -0.2) is 0 Å². The molecular weight excluding hydrogens is 196 g/mol. The molecule has 0 spiro atoms. The van der Waals surface area contributed by atoms with Gasteiger partial charge in [0.15, 0.2) is 0 Å². The molecule has 0 bridgehead atoms. The second-order valence-electron chi connectivity index (χ2n) is 3.50. The Hall–Kier alpha value is -1.10. The van der Waals surface area contributed by atoms with E-state index < -0.39 is 0 Å². The summed E-state index contributed by atoms with van der Waals surface area (Å²) in [7, 11) is 0. The molecule has 86 valence electrons. The van der Waals surface area contributed by atoms with Gasteiger partial charge >= 0.3 is 0 Å². The summed E-state index contributed by atoms with van der Waals surface area (Å²) in [4.78, 5) is 24.4. The molecule has 0 aromatic carbocycles. The number of ether oxygens (including phenoxy) is 1. The van der Waals surface area contributed by atoms with E-state index in [1.807, 2.05) is 6.92 Å². The van der Waals surface area contributed by atoms with Gasteiger partial charge in [0.1, 0.15) is 6.61 Å². The van der Waals surface area contributed by atoms with Crippen molar-refractivity contribution in [3.8, 4) is 0 Å². The molecule has 15 heavy (non-hydrogen) atoms. The molecule has 0 saturated carbocycles. The molecule has 0 aromatic heterocycles. The minimum Gasteiger partial charge on any atom is -0.372 e. The number of carbonyl (C=O) groups excluding carboxylic acids is 2. The standard InChI is InChI=1S/C10H18N2O3/c1-2-15-8-9(13)11-7-10(14)12-5-3-4-6-12/h2-8H2,1H3,(H,11,13). The van der Waals surface area contributed by atoms with Gasteiger partial charge in [-0.1, -0.05) is 0 Å². The molecule has 5 nitrogen and oxygen atoms in total. The highest BCUT2D eigenvalue weighted by Gasteiger charge is 2.17. The highest BCUT2D eigenvalue weighted by molar-refractivity contribution is 5.85. The molecule has 0 unspecified atom stereocenters. The molecule has 0 aromatic rings. The van der Waals surface area contributed by atoms with Crippen LogP contribution in [0.4, 0.5) is 0 Å². The lowest BCUT2D eigenvalue weighted by Crippen LogP contribution is -2.39. The van der Waals surface area contributed by atoms with Crippen LogP contribution >= 0.6 is 0 Å². The van der Waals surface area contributed by atoms with Gasteiger partial charge in [-0.2, -0.15) is 0 Å². The first-order valence-corrected chi connectivity index (χ1v) is 5.36. The predicted octanol–water partition coefficient (Wildman–Crippen LogP) is -0.238. The van der Waals surface area contributed by atoms with Crippen LogP contribution < -0.4 is 5.32 Å². The smallest absolute Gasteiger partial charge is 0.246 e. The number of nitrogens with zero attached hydrogens (tertiary/aromatic N) is 1. The lowest BCUT2D eigenvalue weighted by molar-refractivity contribution is -0.133. The molecule has 0 aliphatic carbocycles. The number of likely N-dealkylation sites (tertiary alicyclic amines) is 1. The van der Waals surface area contributed by atoms with E-state index in [-0.39, 0.29) is 25.0 Å². The number of hydrogen-bond acceptors (Lipinski definition) is 3. The van der Waals surface area contributed by atoms with Crippen molar-refractivity contribution >= 4 is 11.8 Å². The monoisotopic (exact) mass is 214 g/mol. The van der Waals surface area contributed by atoms with E-state index in [0.29, 0.717) is 6.61 Å². The summed E-state index contributed by atoms with van der Waals surface area (Å²) in [5.41, 5.74) is 0. The molecule has 1 saturated heterocycles.